The molecular formula is C20H23N3O2S. The van der Waals surface area contributed by atoms with Crippen molar-refractivity contribution in [3.05, 3.63) is 51.7 Å². The standard InChI is InChI=1S/C20H23N3O2S/c1-13-6-7-14(2)18(11-13)23-19(24)9-8-17(22-23)20(25)21-15(3)12-16-5-4-10-26-16/h4-7,10-11,15H,8-9,12H2,1-3H3,(H,21,25)/t15-/m0/s1. The molecule has 0 saturated carbocycles. The minimum Gasteiger partial charge on any atom is -0.348 e. The summed E-state index contributed by atoms with van der Waals surface area (Å²) in [5.41, 5.74) is 3.16. The second-order valence-electron chi connectivity index (χ2n) is 6.70. The Labute approximate surface area is 157 Å². The van der Waals surface area contributed by atoms with E-state index in [1.165, 1.54) is 9.89 Å². The first kappa shape index (κ1) is 18.3. The SMILES string of the molecule is Cc1ccc(C)c(N2N=C(C(=O)N[C@@H](C)Cc3cccs3)CCC2=O)c1. The first-order chi connectivity index (χ1) is 12.4. The van der Waals surface area contributed by atoms with Gasteiger partial charge in [-0.15, -0.1) is 11.3 Å². The van der Waals surface area contributed by atoms with Gasteiger partial charge in [-0.3, -0.25) is 9.59 Å². The van der Waals surface area contributed by atoms with Gasteiger partial charge in [0.05, 0.1) is 5.69 Å². The summed E-state index contributed by atoms with van der Waals surface area (Å²) < 4.78 is 0. The largest absolute Gasteiger partial charge is 0.348 e. The van der Waals surface area contributed by atoms with Crippen molar-refractivity contribution in [1.82, 2.24) is 5.32 Å². The number of carbonyl (C=O) groups is 2. The molecule has 1 atom stereocenters. The maximum absolute atomic E-state index is 12.6. The lowest BCUT2D eigenvalue weighted by molar-refractivity contribution is -0.119. The number of carbonyl (C=O) groups excluding carboxylic acids is 2. The fourth-order valence-corrected chi connectivity index (χ4v) is 3.78. The molecule has 2 amide bonds. The average molecular weight is 369 g/mol. The highest BCUT2D eigenvalue weighted by Crippen LogP contribution is 2.25. The van der Waals surface area contributed by atoms with Crippen LogP contribution in [0, 0.1) is 13.8 Å². The van der Waals surface area contributed by atoms with Gasteiger partial charge in [0.2, 0.25) is 5.91 Å². The molecule has 136 valence electrons. The fourth-order valence-electron chi connectivity index (χ4n) is 2.94. The molecule has 5 nitrogen and oxygen atoms in total. The molecule has 0 unspecified atom stereocenters. The zero-order chi connectivity index (χ0) is 18.7. The van der Waals surface area contributed by atoms with Crippen molar-refractivity contribution in [3.63, 3.8) is 0 Å². The van der Waals surface area contributed by atoms with E-state index in [1.807, 2.05) is 50.4 Å². The Morgan fingerprint density at radius 1 is 1.31 bits per heavy atom. The van der Waals surface area contributed by atoms with E-state index in [-0.39, 0.29) is 17.9 Å². The summed E-state index contributed by atoms with van der Waals surface area (Å²) in [5, 5.41) is 10.8. The molecule has 1 aliphatic heterocycles. The number of thiophene rings is 1. The Balaban J connectivity index is 1.75. The van der Waals surface area contributed by atoms with E-state index in [4.69, 9.17) is 0 Å². The molecule has 3 rings (SSSR count). The third-order valence-corrected chi connectivity index (χ3v) is 5.25. The molecule has 0 fully saturated rings. The molecule has 2 aromatic rings. The number of hydrazone groups is 1. The molecule has 1 aromatic heterocycles. The van der Waals surface area contributed by atoms with Gasteiger partial charge in [-0.05, 0) is 49.4 Å². The maximum atomic E-state index is 12.6. The highest BCUT2D eigenvalue weighted by molar-refractivity contribution is 7.09. The van der Waals surface area contributed by atoms with E-state index in [2.05, 4.69) is 16.5 Å². The van der Waals surface area contributed by atoms with Gasteiger partial charge >= 0.3 is 0 Å². The van der Waals surface area contributed by atoms with Crippen LogP contribution in [0.4, 0.5) is 5.69 Å². The van der Waals surface area contributed by atoms with Crippen LogP contribution in [0.25, 0.3) is 0 Å². The van der Waals surface area contributed by atoms with E-state index in [9.17, 15) is 9.59 Å². The Bertz CT molecular complexity index is 843. The Morgan fingerprint density at radius 2 is 2.12 bits per heavy atom. The monoisotopic (exact) mass is 369 g/mol. The molecule has 26 heavy (non-hydrogen) atoms. The molecule has 0 radical (unpaired) electrons. The van der Waals surface area contributed by atoms with Crippen LogP contribution in [0.5, 0.6) is 0 Å². The summed E-state index contributed by atoms with van der Waals surface area (Å²) in [7, 11) is 0. The highest BCUT2D eigenvalue weighted by Gasteiger charge is 2.27. The Morgan fingerprint density at radius 3 is 2.85 bits per heavy atom. The molecule has 0 aliphatic carbocycles. The van der Waals surface area contributed by atoms with Gasteiger partial charge in [0, 0.05) is 30.2 Å². The number of rotatable bonds is 5. The number of amides is 2. The summed E-state index contributed by atoms with van der Waals surface area (Å²) in [6.45, 7) is 5.89. The molecular weight excluding hydrogens is 346 g/mol. The van der Waals surface area contributed by atoms with Crippen molar-refractivity contribution in [3.8, 4) is 0 Å². The van der Waals surface area contributed by atoms with Gasteiger partial charge in [-0.1, -0.05) is 18.2 Å². The number of benzene rings is 1. The summed E-state index contributed by atoms with van der Waals surface area (Å²) in [5.74, 6) is -0.279. The van der Waals surface area contributed by atoms with Crippen LogP contribution in [-0.2, 0) is 16.0 Å². The normalized spacial score (nSPS) is 15.6. The van der Waals surface area contributed by atoms with Crippen molar-refractivity contribution >= 4 is 34.6 Å². The van der Waals surface area contributed by atoms with E-state index in [1.54, 1.807) is 11.3 Å². The number of aryl methyl sites for hydroxylation is 2. The second kappa shape index (κ2) is 7.83. The lowest BCUT2D eigenvalue weighted by Crippen LogP contribution is -2.42. The quantitative estimate of drug-likeness (QED) is 0.875. The summed E-state index contributed by atoms with van der Waals surface area (Å²) in [6.07, 6.45) is 1.45. The Hall–Kier alpha value is -2.47. The van der Waals surface area contributed by atoms with E-state index >= 15 is 0 Å². The minimum absolute atomic E-state index is 0.00985. The van der Waals surface area contributed by atoms with Crippen molar-refractivity contribution in [1.29, 1.82) is 0 Å². The number of anilines is 1. The van der Waals surface area contributed by atoms with Crippen LogP contribution in [0.1, 0.15) is 35.8 Å². The van der Waals surface area contributed by atoms with Gasteiger partial charge in [-0.25, -0.2) is 5.01 Å². The fraction of sp³-hybridized carbons (Fsp3) is 0.350. The number of nitrogens with zero attached hydrogens (tertiary/aromatic N) is 2. The van der Waals surface area contributed by atoms with Crippen molar-refractivity contribution < 1.29 is 9.59 Å². The van der Waals surface area contributed by atoms with Crippen molar-refractivity contribution in [2.24, 2.45) is 5.10 Å². The van der Waals surface area contributed by atoms with Crippen molar-refractivity contribution in [2.75, 3.05) is 5.01 Å². The first-order valence-electron chi connectivity index (χ1n) is 8.75. The minimum atomic E-state index is -0.197. The van der Waals surface area contributed by atoms with Crippen LogP contribution in [0.2, 0.25) is 0 Å². The summed E-state index contributed by atoms with van der Waals surface area (Å²) >= 11 is 1.68. The van der Waals surface area contributed by atoms with E-state index in [0.717, 1.165) is 23.2 Å². The van der Waals surface area contributed by atoms with Crippen LogP contribution in [0.15, 0.2) is 40.8 Å². The summed E-state index contributed by atoms with van der Waals surface area (Å²) in [4.78, 5) is 26.2. The van der Waals surface area contributed by atoms with Crippen LogP contribution in [0.3, 0.4) is 0 Å². The van der Waals surface area contributed by atoms with Crippen molar-refractivity contribution in [2.45, 2.75) is 46.1 Å². The predicted octanol–water partition coefficient (Wildman–Crippen LogP) is 3.60. The van der Waals surface area contributed by atoms with Gasteiger partial charge in [0.1, 0.15) is 5.71 Å². The number of hydrogen-bond acceptors (Lipinski definition) is 4. The smallest absolute Gasteiger partial charge is 0.267 e. The zero-order valence-corrected chi connectivity index (χ0v) is 16.1. The lowest BCUT2D eigenvalue weighted by atomic mass is 10.1. The third kappa shape index (κ3) is 4.19. The van der Waals surface area contributed by atoms with Gasteiger partial charge in [0.15, 0.2) is 0 Å². The zero-order valence-electron chi connectivity index (χ0n) is 15.3. The lowest BCUT2D eigenvalue weighted by Gasteiger charge is -2.25. The molecule has 6 heteroatoms. The second-order valence-corrected chi connectivity index (χ2v) is 7.73. The van der Waals surface area contributed by atoms with Gasteiger partial charge in [-0.2, -0.15) is 5.10 Å². The number of hydrogen-bond donors (Lipinski definition) is 1. The molecule has 1 aromatic carbocycles. The van der Waals surface area contributed by atoms with Crippen LogP contribution in [-0.4, -0.2) is 23.6 Å². The Kier molecular flexibility index (Phi) is 5.52. The van der Waals surface area contributed by atoms with Crippen LogP contribution >= 0.6 is 11.3 Å². The number of nitrogens with one attached hydrogen (secondary N) is 1. The van der Waals surface area contributed by atoms with Gasteiger partial charge < -0.3 is 5.32 Å². The molecule has 1 N–H and O–H groups in total. The molecule has 0 saturated heterocycles. The average Bonchev–Trinajstić information content (AvgIpc) is 3.10. The molecule has 1 aliphatic rings. The maximum Gasteiger partial charge on any atom is 0.267 e. The third-order valence-electron chi connectivity index (χ3n) is 4.35. The topological polar surface area (TPSA) is 61.8 Å². The van der Waals surface area contributed by atoms with Gasteiger partial charge in [0.25, 0.3) is 5.91 Å². The predicted molar refractivity (Wildman–Crippen MR) is 106 cm³/mol. The van der Waals surface area contributed by atoms with Crippen LogP contribution < -0.4 is 10.3 Å². The van der Waals surface area contributed by atoms with E-state index < -0.39 is 0 Å². The molecule has 0 bridgehead atoms. The summed E-state index contributed by atoms with van der Waals surface area (Å²) in [6, 6.07) is 9.97. The molecule has 2 heterocycles. The van der Waals surface area contributed by atoms with E-state index in [0.29, 0.717) is 18.6 Å². The molecule has 0 spiro atoms. The first-order valence-corrected chi connectivity index (χ1v) is 9.63. The highest BCUT2D eigenvalue weighted by atomic mass is 32.1.